The molecule has 2 rings (SSSR count). The van der Waals surface area contributed by atoms with Crippen molar-refractivity contribution >= 4 is 16.7 Å². The van der Waals surface area contributed by atoms with E-state index in [0.717, 1.165) is 11.3 Å². The number of hydrogen-bond acceptors (Lipinski definition) is 2. The Morgan fingerprint density at radius 1 is 1.22 bits per heavy atom. The van der Waals surface area contributed by atoms with E-state index in [1.807, 2.05) is 6.07 Å². The standard InChI is InChI=1S/C16H22N2/c1-5-11(2)13(4)17-16-12(3)10-14-8-6-7-9-15(14)18-16/h6-11,13H,5H2,1-4H3,(H,17,18). The Hall–Kier alpha value is -1.57. The normalized spacial score (nSPS) is 14.4. The molecule has 0 saturated carbocycles. The van der Waals surface area contributed by atoms with E-state index in [1.165, 1.54) is 17.4 Å². The van der Waals surface area contributed by atoms with E-state index in [9.17, 15) is 0 Å². The lowest BCUT2D eigenvalue weighted by Gasteiger charge is -2.21. The first-order chi connectivity index (χ1) is 8.61. The molecule has 1 aromatic carbocycles. The van der Waals surface area contributed by atoms with E-state index in [-0.39, 0.29) is 0 Å². The molecule has 1 N–H and O–H groups in total. The second-order valence-corrected chi connectivity index (χ2v) is 5.17. The van der Waals surface area contributed by atoms with Crippen LogP contribution < -0.4 is 5.32 Å². The third-order valence-corrected chi connectivity index (χ3v) is 3.78. The number of nitrogens with zero attached hydrogens (tertiary/aromatic N) is 1. The van der Waals surface area contributed by atoms with Crippen LogP contribution >= 0.6 is 0 Å². The zero-order valence-corrected chi connectivity index (χ0v) is 11.7. The highest BCUT2D eigenvalue weighted by Crippen LogP contribution is 2.21. The van der Waals surface area contributed by atoms with Crippen LogP contribution in [0.5, 0.6) is 0 Å². The van der Waals surface area contributed by atoms with Crippen molar-refractivity contribution < 1.29 is 0 Å². The number of aromatic nitrogens is 1. The van der Waals surface area contributed by atoms with Crippen LogP contribution in [0.3, 0.4) is 0 Å². The van der Waals surface area contributed by atoms with E-state index < -0.39 is 0 Å². The maximum absolute atomic E-state index is 4.72. The second-order valence-electron chi connectivity index (χ2n) is 5.17. The van der Waals surface area contributed by atoms with Crippen LogP contribution in [-0.2, 0) is 0 Å². The molecule has 0 fully saturated rings. The molecule has 2 atom stereocenters. The maximum atomic E-state index is 4.72. The lowest BCUT2D eigenvalue weighted by Crippen LogP contribution is -2.24. The summed E-state index contributed by atoms with van der Waals surface area (Å²) in [5.41, 5.74) is 2.27. The highest BCUT2D eigenvalue weighted by atomic mass is 15.0. The number of rotatable bonds is 4. The molecule has 2 aromatic rings. The van der Waals surface area contributed by atoms with Crippen LogP contribution in [0.25, 0.3) is 10.9 Å². The molecule has 2 heteroatoms. The number of aryl methyl sites for hydroxylation is 1. The molecule has 2 nitrogen and oxygen atoms in total. The van der Waals surface area contributed by atoms with Crippen LogP contribution in [0.1, 0.15) is 32.8 Å². The van der Waals surface area contributed by atoms with E-state index in [4.69, 9.17) is 4.98 Å². The van der Waals surface area contributed by atoms with Gasteiger partial charge in [0, 0.05) is 11.4 Å². The van der Waals surface area contributed by atoms with Gasteiger partial charge in [0.2, 0.25) is 0 Å². The Morgan fingerprint density at radius 2 is 1.94 bits per heavy atom. The number of para-hydroxylation sites is 1. The van der Waals surface area contributed by atoms with Gasteiger partial charge in [0.15, 0.2) is 0 Å². The fourth-order valence-electron chi connectivity index (χ4n) is 2.08. The van der Waals surface area contributed by atoms with Crippen LogP contribution in [0, 0.1) is 12.8 Å². The van der Waals surface area contributed by atoms with Gasteiger partial charge in [0.05, 0.1) is 5.52 Å². The summed E-state index contributed by atoms with van der Waals surface area (Å²) in [5, 5.41) is 4.75. The molecule has 1 heterocycles. The zero-order chi connectivity index (χ0) is 13.1. The molecule has 0 saturated heterocycles. The molecule has 1 aromatic heterocycles. The summed E-state index contributed by atoms with van der Waals surface area (Å²) in [5.74, 6) is 1.67. The summed E-state index contributed by atoms with van der Waals surface area (Å²) < 4.78 is 0. The van der Waals surface area contributed by atoms with Crippen LogP contribution in [0.15, 0.2) is 30.3 Å². The Kier molecular flexibility index (Phi) is 3.85. The highest BCUT2D eigenvalue weighted by molar-refractivity contribution is 5.81. The molecule has 0 aliphatic heterocycles. The van der Waals surface area contributed by atoms with E-state index in [0.29, 0.717) is 12.0 Å². The van der Waals surface area contributed by atoms with E-state index in [1.54, 1.807) is 0 Å². The monoisotopic (exact) mass is 242 g/mol. The largest absolute Gasteiger partial charge is 0.367 e. The zero-order valence-electron chi connectivity index (χ0n) is 11.7. The molecule has 2 unspecified atom stereocenters. The molecule has 0 aliphatic carbocycles. The fourth-order valence-corrected chi connectivity index (χ4v) is 2.08. The minimum absolute atomic E-state index is 0.447. The highest BCUT2D eigenvalue weighted by Gasteiger charge is 2.12. The Labute approximate surface area is 109 Å². The second kappa shape index (κ2) is 5.38. The van der Waals surface area contributed by atoms with Gasteiger partial charge in [0.1, 0.15) is 5.82 Å². The minimum atomic E-state index is 0.447. The molecular formula is C16H22N2. The summed E-state index contributed by atoms with van der Waals surface area (Å²) in [6, 6.07) is 10.9. The number of nitrogens with one attached hydrogen (secondary N) is 1. The quantitative estimate of drug-likeness (QED) is 0.860. The molecule has 96 valence electrons. The first-order valence-corrected chi connectivity index (χ1v) is 6.74. The average molecular weight is 242 g/mol. The van der Waals surface area contributed by atoms with Gasteiger partial charge in [-0.25, -0.2) is 4.98 Å². The van der Waals surface area contributed by atoms with Crippen LogP contribution in [0.2, 0.25) is 0 Å². The van der Waals surface area contributed by atoms with Crippen molar-refractivity contribution in [2.45, 2.75) is 40.2 Å². The lowest BCUT2D eigenvalue weighted by molar-refractivity contribution is 0.493. The van der Waals surface area contributed by atoms with Gasteiger partial charge in [0.25, 0.3) is 0 Å². The fraction of sp³-hybridized carbons (Fsp3) is 0.438. The molecule has 18 heavy (non-hydrogen) atoms. The summed E-state index contributed by atoms with van der Waals surface area (Å²) in [6.45, 7) is 8.84. The molecule has 0 spiro atoms. The topological polar surface area (TPSA) is 24.9 Å². The third-order valence-electron chi connectivity index (χ3n) is 3.78. The number of anilines is 1. The van der Waals surface area contributed by atoms with Gasteiger partial charge in [-0.3, -0.25) is 0 Å². The van der Waals surface area contributed by atoms with Crippen molar-refractivity contribution in [2.24, 2.45) is 5.92 Å². The molecule has 0 aliphatic rings. The lowest BCUT2D eigenvalue weighted by atomic mass is 10.0. The van der Waals surface area contributed by atoms with E-state index >= 15 is 0 Å². The Morgan fingerprint density at radius 3 is 2.67 bits per heavy atom. The molecule has 0 amide bonds. The average Bonchev–Trinajstić information content (AvgIpc) is 2.38. The van der Waals surface area contributed by atoms with Crippen molar-refractivity contribution in [1.82, 2.24) is 4.98 Å². The van der Waals surface area contributed by atoms with Gasteiger partial charge in [-0.15, -0.1) is 0 Å². The molecular weight excluding hydrogens is 220 g/mol. The summed E-state index contributed by atoms with van der Waals surface area (Å²) in [7, 11) is 0. The number of pyridine rings is 1. The third kappa shape index (κ3) is 2.63. The molecule has 0 radical (unpaired) electrons. The Bertz CT molecular complexity index is 534. The van der Waals surface area contributed by atoms with Crippen LogP contribution in [0.4, 0.5) is 5.82 Å². The van der Waals surface area contributed by atoms with Crippen molar-refractivity contribution in [3.8, 4) is 0 Å². The number of hydrogen-bond donors (Lipinski definition) is 1. The maximum Gasteiger partial charge on any atom is 0.129 e. The van der Waals surface area contributed by atoms with Crippen molar-refractivity contribution in [2.75, 3.05) is 5.32 Å². The predicted octanol–water partition coefficient (Wildman–Crippen LogP) is 4.39. The van der Waals surface area contributed by atoms with Gasteiger partial charge < -0.3 is 5.32 Å². The van der Waals surface area contributed by atoms with Gasteiger partial charge in [-0.2, -0.15) is 0 Å². The van der Waals surface area contributed by atoms with Crippen molar-refractivity contribution in [3.63, 3.8) is 0 Å². The number of benzene rings is 1. The smallest absolute Gasteiger partial charge is 0.129 e. The first-order valence-electron chi connectivity index (χ1n) is 6.74. The van der Waals surface area contributed by atoms with E-state index in [2.05, 4.69) is 57.3 Å². The van der Waals surface area contributed by atoms with Gasteiger partial charge in [-0.1, -0.05) is 38.5 Å². The summed E-state index contributed by atoms with van der Waals surface area (Å²) in [4.78, 5) is 4.72. The SMILES string of the molecule is CCC(C)C(C)Nc1nc2ccccc2cc1C. The Balaban J connectivity index is 2.30. The summed E-state index contributed by atoms with van der Waals surface area (Å²) in [6.07, 6.45) is 1.18. The molecule has 0 bridgehead atoms. The predicted molar refractivity (Wildman–Crippen MR) is 79.0 cm³/mol. The van der Waals surface area contributed by atoms with Crippen molar-refractivity contribution in [3.05, 3.63) is 35.9 Å². The summed E-state index contributed by atoms with van der Waals surface area (Å²) >= 11 is 0. The van der Waals surface area contributed by atoms with Gasteiger partial charge >= 0.3 is 0 Å². The number of fused-ring (bicyclic) bond motifs is 1. The first kappa shape index (κ1) is 12.9. The van der Waals surface area contributed by atoms with Crippen molar-refractivity contribution in [1.29, 1.82) is 0 Å². The minimum Gasteiger partial charge on any atom is -0.367 e. The van der Waals surface area contributed by atoms with Crippen LogP contribution in [-0.4, -0.2) is 11.0 Å². The van der Waals surface area contributed by atoms with Gasteiger partial charge in [-0.05, 0) is 37.5 Å².